The Bertz CT molecular complexity index is 748. The van der Waals surface area contributed by atoms with Crippen LogP contribution in [0.5, 0.6) is 0 Å². The summed E-state index contributed by atoms with van der Waals surface area (Å²) in [7, 11) is 0. The normalized spacial score (nSPS) is 15.8. The van der Waals surface area contributed by atoms with Crippen LogP contribution in [0, 0.1) is 10.1 Å². The van der Waals surface area contributed by atoms with Gasteiger partial charge < -0.3 is 5.11 Å². The quantitative estimate of drug-likeness (QED) is 0.242. The Labute approximate surface area is 153 Å². The zero-order chi connectivity index (χ0) is 18.4. The van der Waals surface area contributed by atoms with Gasteiger partial charge in [-0.05, 0) is 25.0 Å². The highest BCUT2D eigenvalue weighted by Gasteiger charge is 2.32. The second-order valence-corrected chi connectivity index (χ2v) is 7.03. The number of unbranched alkanes of at least 4 members (excludes halogenated alkanes) is 2. The lowest BCUT2D eigenvalue weighted by Crippen LogP contribution is -2.29. The first-order chi connectivity index (χ1) is 11.9. The van der Waals surface area contributed by atoms with Crippen LogP contribution < -0.4 is 0 Å². The number of thiocarbonyl (C=S) groups is 1. The molecule has 0 aromatic heterocycles. The van der Waals surface area contributed by atoms with E-state index in [0.717, 1.165) is 11.8 Å². The number of carbonyl (C=O) groups excluding carboxylic acids is 1. The lowest BCUT2D eigenvalue weighted by molar-refractivity contribution is -0.385. The first-order valence-corrected chi connectivity index (χ1v) is 8.83. The molecule has 1 aromatic rings. The molecule has 0 aliphatic carbocycles. The van der Waals surface area contributed by atoms with Crippen LogP contribution in [0.3, 0.4) is 0 Å². The highest BCUT2D eigenvalue weighted by atomic mass is 32.2. The lowest BCUT2D eigenvalue weighted by atomic mass is 10.1. The molecule has 25 heavy (non-hydrogen) atoms. The molecule has 132 valence electrons. The van der Waals surface area contributed by atoms with Crippen LogP contribution in [0.25, 0.3) is 6.08 Å². The molecule has 0 radical (unpaired) electrons. The molecule has 0 atom stereocenters. The predicted octanol–water partition coefficient (Wildman–Crippen LogP) is 3.44. The highest BCUT2D eigenvalue weighted by molar-refractivity contribution is 8.26. The van der Waals surface area contributed by atoms with Crippen LogP contribution in [0.2, 0.25) is 0 Å². The van der Waals surface area contributed by atoms with Crippen LogP contribution in [-0.2, 0) is 9.59 Å². The standard InChI is InChI=1S/C16H16N2O5S2/c19-14(20)8-2-1-5-9-17-15(21)13(25-16(17)24)10-11-6-3-4-7-12(11)18(22)23/h3-4,6-7,10H,1-2,5,8-9H2,(H,19,20). The zero-order valence-electron chi connectivity index (χ0n) is 13.2. The number of hydrogen-bond donors (Lipinski definition) is 1. The summed E-state index contributed by atoms with van der Waals surface area (Å²) in [4.78, 5) is 35.3. The molecule has 1 aromatic carbocycles. The van der Waals surface area contributed by atoms with Crippen molar-refractivity contribution < 1.29 is 19.6 Å². The van der Waals surface area contributed by atoms with E-state index in [9.17, 15) is 19.7 Å². The smallest absolute Gasteiger partial charge is 0.303 e. The van der Waals surface area contributed by atoms with Gasteiger partial charge in [-0.3, -0.25) is 24.6 Å². The molecule has 1 aliphatic rings. The van der Waals surface area contributed by atoms with Gasteiger partial charge in [-0.1, -0.05) is 42.5 Å². The summed E-state index contributed by atoms with van der Waals surface area (Å²) in [5.74, 6) is -1.11. The van der Waals surface area contributed by atoms with E-state index in [1.807, 2.05) is 0 Å². The fourth-order valence-corrected chi connectivity index (χ4v) is 3.63. The van der Waals surface area contributed by atoms with Crippen LogP contribution in [0.15, 0.2) is 29.2 Å². The molecular formula is C16H16N2O5S2. The third kappa shape index (κ3) is 5.10. The number of carbonyl (C=O) groups is 2. The van der Waals surface area contributed by atoms with Gasteiger partial charge in [0.05, 0.1) is 15.4 Å². The van der Waals surface area contributed by atoms with Gasteiger partial charge in [-0.15, -0.1) is 0 Å². The molecule has 0 unspecified atom stereocenters. The first kappa shape index (κ1) is 19.1. The summed E-state index contributed by atoms with van der Waals surface area (Å²) in [6, 6.07) is 6.20. The number of thioether (sulfide) groups is 1. The minimum absolute atomic E-state index is 0.0681. The fraction of sp³-hybridized carbons (Fsp3) is 0.312. The van der Waals surface area contributed by atoms with Crippen LogP contribution in [-0.4, -0.2) is 37.7 Å². The first-order valence-electron chi connectivity index (χ1n) is 7.60. The van der Waals surface area contributed by atoms with E-state index in [0.29, 0.717) is 40.6 Å². The number of para-hydroxylation sites is 1. The van der Waals surface area contributed by atoms with Crippen molar-refractivity contribution in [3.05, 3.63) is 44.8 Å². The number of carboxylic acids is 1. The average Bonchev–Trinajstić information content (AvgIpc) is 2.81. The van der Waals surface area contributed by atoms with Gasteiger partial charge in [-0.25, -0.2) is 0 Å². The second kappa shape index (κ2) is 8.72. The van der Waals surface area contributed by atoms with Crippen molar-refractivity contribution in [2.45, 2.75) is 25.7 Å². The number of benzene rings is 1. The number of carboxylic acid groups (broad SMARTS) is 1. The molecule has 7 nitrogen and oxygen atoms in total. The number of nitro groups is 1. The molecule has 2 rings (SSSR count). The summed E-state index contributed by atoms with van der Waals surface area (Å²) in [6.07, 6.45) is 3.49. The van der Waals surface area contributed by atoms with Crippen molar-refractivity contribution >= 4 is 51.9 Å². The van der Waals surface area contributed by atoms with Crippen LogP contribution in [0.1, 0.15) is 31.2 Å². The summed E-state index contributed by atoms with van der Waals surface area (Å²) in [5.41, 5.74) is 0.288. The molecule has 1 fully saturated rings. The van der Waals surface area contributed by atoms with Gasteiger partial charge in [-0.2, -0.15) is 0 Å². The van der Waals surface area contributed by atoms with Crippen molar-refractivity contribution in [1.29, 1.82) is 0 Å². The van der Waals surface area contributed by atoms with E-state index in [1.165, 1.54) is 17.0 Å². The number of amides is 1. The van der Waals surface area contributed by atoms with E-state index in [1.54, 1.807) is 18.2 Å². The SMILES string of the molecule is O=C(O)CCCCCN1C(=O)C(=Cc2ccccc2[N+](=O)[O-])SC1=S. The molecule has 9 heteroatoms. The van der Waals surface area contributed by atoms with Gasteiger partial charge in [0, 0.05) is 19.0 Å². The highest BCUT2D eigenvalue weighted by Crippen LogP contribution is 2.34. The molecule has 0 bridgehead atoms. The maximum absolute atomic E-state index is 12.5. The molecule has 1 N–H and O–H groups in total. The van der Waals surface area contributed by atoms with Crippen molar-refractivity contribution in [2.24, 2.45) is 0 Å². The van der Waals surface area contributed by atoms with Crippen LogP contribution in [0.4, 0.5) is 5.69 Å². The van der Waals surface area contributed by atoms with Gasteiger partial charge in [0.25, 0.3) is 11.6 Å². The van der Waals surface area contributed by atoms with Gasteiger partial charge in [0.1, 0.15) is 4.32 Å². The zero-order valence-corrected chi connectivity index (χ0v) is 14.8. The van der Waals surface area contributed by atoms with Gasteiger partial charge in [0.15, 0.2) is 0 Å². The molecule has 0 saturated carbocycles. The number of nitrogens with zero attached hydrogens (tertiary/aromatic N) is 2. The van der Waals surface area contributed by atoms with Crippen molar-refractivity contribution in [3.8, 4) is 0 Å². The second-order valence-electron chi connectivity index (χ2n) is 5.35. The summed E-state index contributed by atoms with van der Waals surface area (Å²) >= 11 is 6.33. The lowest BCUT2D eigenvalue weighted by Gasteiger charge is -2.13. The predicted molar refractivity (Wildman–Crippen MR) is 99.1 cm³/mol. The van der Waals surface area contributed by atoms with Crippen molar-refractivity contribution in [3.63, 3.8) is 0 Å². The van der Waals surface area contributed by atoms with Crippen molar-refractivity contribution in [1.82, 2.24) is 4.90 Å². The minimum atomic E-state index is -0.835. The van der Waals surface area contributed by atoms with E-state index in [-0.39, 0.29) is 18.0 Å². The van der Waals surface area contributed by atoms with E-state index < -0.39 is 10.9 Å². The number of nitro benzene ring substituents is 1. The summed E-state index contributed by atoms with van der Waals surface area (Å²) < 4.78 is 0.410. The minimum Gasteiger partial charge on any atom is -0.481 e. The maximum Gasteiger partial charge on any atom is 0.303 e. The van der Waals surface area contributed by atoms with Gasteiger partial charge in [0.2, 0.25) is 0 Å². The number of hydrogen-bond acceptors (Lipinski definition) is 6. The average molecular weight is 380 g/mol. The Morgan fingerprint density at radius 3 is 2.72 bits per heavy atom. The molecule has 1 aliphatic heterocycles. The Kier molecular flexibility index (Phi) is 6.65. The van der Waals surface area contributed by atoms with Crippen molar-refractivity contribution in [2.75, 3.05) is 6.54 Å². The Morgan fingerprint density at radius 1 is 1.32 bits per heavy atom. The molecule has 1 saturated heterocycles. The third-order valence-electron chi connectivity index (χ3n) is 3.57. The molecular weight excluding hydrogens is 364 g/mol. The Morgan fingerprint density at radius 2 is 2.04 bits per heavy atom. The van der Waals surface area contributed by atoms with Crippen LogP contribution >= 0.6 is 24.0 Å². The number of aliphatic carboxylic acids is 1. The summed E-state index contributed by atoms with van der Waals surface area (Å²) in [5, 5.41) is 19.7. The topological polar surface area (TPSA) is 101 Å². The molecule has 1 amide bonds. The maximum atomic E-state index is 12.5. The van der Waals surface area contributed by atoms with E-state index in [2.05, 4.69) is 0 Å². The number of rotatable bonds is 8. The molecule has 1 heterocycles. The largest absolute Gasteiger partial charge is 0.481 e. The fourth-order valence-electron chi connectivity index (χ4n) is 2.33. The monoisotopic (exact) mass is 380 g/mol. The van der Waals surface area contributed by atoms with E-state index in [4.69, 9.17) is 17.3 Å². The Balaban J connectivity index is 2.03. The summed E-state index contributed by atoms with van der Waals surface area (Å²) in [6.45, 7) is 0.415. The molecule has 0 spiro atoms. The Hall–Kier alpha value is -2.26. The third-order valence-corrected chi connectivity index (χ3v) is 4.94. The van der Waals surface area contributed by atoms with E-state index >= 15 is 0 Å². The van der Waals surface area contributed by atoms with Gasteiger partial charge >= 0.3 is 5.97 Å².